The summed E-state index contributed by atoms with van der Waals surface area (Å²) in [5, 5.41) is 10.2. The molecule has 140 valence electrons. The van der Waals surface area contributed by atoms with E-state index in [0.29, 0.717) is 11.5 Å². The number of aliphatic hydroxyl groups is 1. The quantitative estimate of drug-likeness (QED) is 0.225. The Morgan fingerprint density at radius 3 is 2.25 bits per heavy atom. The van der Waals surface area contributed by atoms with Gasteiger partial charge in [0.1, 0.15) is 0 Å². The Morgan fingerprint density at radius 2 is 1.62 bits per heavy atom. The van der Waals surface area contributed by atoms with Gasteiger partial charge in [0.25, 0.3) is 0 Å². The molecule has 0 aromatic carbocycles. The second-order valence-electron chi connectivity index (χ2n) is 6.21. The fraction of sp³-hybridized carbons (Fsp3) is 0.750. The van der Waals surface area contributed by atoms with Gasteiger partial charge in [0.05, 0.1) is 13.7 Å². The van der Waals surface area contributed by atoms with Crippen LogP contribution >= 0.6 is 11.6 Å². The predicted molar refractivity (Wildman–Crippen MR) is 102 cm³/mol. The first-order valence-electron chi connectivity index (χ1n) is 9.37. The van der Waals surface area contributed by atoms with Crippen molar-refractivity contribution in [2.75, 3.05) is 13.7 Å². The number of hydrogen-bond donors (Lipinski definition) is 1. The maximum absolute atomic E-state index is 11.0. The van der Waals surface area contributed by atoms with E-state index in [4.69, 9.17) is 11.6 Å². The van der Waals surface area contributed by atoms with Crippen LogP contribution in [0.25, 0.3) is 0 Å². The first-order chi connectivity index (χ1) is 11.7. The average Bonchev–Trinajstić information content (AvgIpc) is 2.59. The topological polar surface area (TPSA) is 46.5 Å². The molecule has 0 aliphatic heterocycles. The molecule has 0 spiro atoms. The number of unbranched alkanes of at least 4 members (excludes halogenated alkanes) is 8. The Labute approximate surface area is 153 Å². The van der Waals surface area contributed by atoms with Crippen LogP contribution in [0, 0.1) is 0 Å². The highest BCUT2D eigenvalue weighted by atomic mass is 35.5. The Balaban J connectivity index is 3.86. The van der Waals surface area contributed by atoms with Gasteiger partial charge >= 0.3 is 5.97 Å². The summed E-state index contributed by atoms with van der Waals surface area (Å²) in [6.45, 7) is 2.24. The van der Waals surface area contributed by atoms with E-state index >= 15 is 0 Å². The number of ether oxygens (including phenoxy) is 1. The fourth-order valence-electron chi connectivity index (χ4n) is 2.51. The first-order valence-corrected chi connectivity index (χ1v) is 9.75. The molecule has 0 fully saturated rings. The third kappa shape index (κ3) is 13.6. The monoisotopic (exact) mass is 358 g/mol. The summed E-state index contributed by atoms with van der Waals surface area (Å²) in [5.74, 6) is -0.131. The Bertz CT molecular complexity index is 375. The van der Waals surface area contributed by atoms with Crippen molar-refractivity contribution in [3.63, 3.8) is 0 Å². The molecule has 4 heteroatoms. The Morgan fingerprint density at radius 1 is 1.00 bits per heavy atom. The number of allylic oxidation sites excluding steroid dienone is 3. The van der Waals surface area contributed by atoms with Crippen molar-refractivity contribution in [1.29, 1.82) is 0 Å². The minimum absolute atomic E-state index is 0.0291. The van der Waals surface area contributed by atoms with Crippen molar-refractivity contribution in [3.8, 4) is 0 Å². The minimum Gasteiger partial charge on any atom is -0.469 e. The average molecular weight is 359 g/mol. The van der Waals surface area contributed by atoms with E-state index in [9.17, 15) is 9.90 Å². The summed E-state index contributed by atoms with van der Waals surface area (Å²) in [7, 11) is 1.43. The van der Waals surface area contributed by atoms with E-state index in [2.05, 4.69) is 17.7 Å². The normalized spacial score (nSPS) is 12.5. The zero-order valence-corrected chi connectivity index (χ0v) is 16.2. The van der Waals surface area contributed by atoms with Crippen LogP contribution < -0.4 is 0 Å². The van der Waals surface area contributed by atoms with Gasteiger partial charge < -0.3 is 9.84 Å². The molecular weight excluding hydrogens is 324 g/mol. The lowest BCUT2D eigenvalue weighted by molar-refractivity contribution is -0.140. The molecule has 0 radical (unpaired) electrons. The van der Waals surface area contributed by atoms with Gasteiger partial charge in [0.2, 0.25) is 0 Å². The van der Waals surface area contributed by atoms with Crippen molar-refractivity contribution in [3.05, 3.63) is 22.8 Å². The Hall–Kier alpha value is -0.800. The van der Waals surface area contributed by atoms with Crippen LogP contribution in [0.15, 0.2) is 22.8 Å². The van der Waals surface area contributed by atoms with Gasteiger partial charge in [0.15, 0.2) is 0 Å². The molecule has 0 saturated heterocycles. The molecule has 0 aromatic heterocycles. The van der Waals surface area contributed by atoms with Crippen molar-refractivity contribution >= 4 is 17.6 Å². The third-order valence-corrected chi connectivity index (χ3v) is 4.50. The van der Waals surface area contributed by atoms with E-state index in [1.807, 2.05) is 6.08 Å². The second-order valence-corrected chi connectivity index (χ2v) is 6.61. The largest absolute Gasteiger partial charge is 0.469 e. The molecule has 1 N–H and O–H groups in total. The van der Waals surface area contributed by atoms with E-state index in [1.54, 1.807) is 0 Å². The smallest absolute Gasteiger partial charge is 0.305 e. The van der Waals surface area contributed by atoms with Crippen LogP contribution in [-0.2, 0) is 9.53 Å². The first kappa shape index (κ1) is 23.2. The van der Waals surface area contributed by atoms with Crippen LogP contribution in [0.4, 0.5) is 0 Å². The van der Waals surface area contributed by atoms with E-state index in [-0.39, 0.29) is 12.6 Å². The number of hydrogen-bond acceptors (Lipinski definition) is 3. The summed E-state index contributed by atoms with van der Waals surface area (Å²) in [6, 6.07) is 0. The third-order valence-electron chi connectivity index (χ3n) is 4.10. The summed E-state index contributed by atoms with van der Waals surface area (Å²) < 4.78 is 4.62. The van der Waals surface area contributed by atoms with Crippen molar-refractivity contribution in [2.45, 2.75) is 84.0 Å². The van der Waals surface area contributed by atoms with Crippen LogP contribution in [0.2, 0.25) is 0 Å². The zero-order valence-electron chi connectivity index (χ0n) is 15.5. The lowest BCUT2D eigenvalue weighted by Gasteiger charge is -2.06. The molecule has 0 unspecified atom stereocenters. The lowest BCUT2D eigenvalue weighted by Crippen LogP contribution is -1.99. The number of aliphatic hydroxyl groups excluding tert-OH is 1. The summed E-state index contributed by atoms with van der Waals surface area (Å²) in [4.78, 5) is 11.0. The molecule has 0 bridgehead atoms. The van der Waals surface area contributed by atoms with E-state index in [1.165, 1.54) is 32.8 Å². The maximum Gasteiger partial charge on any atom is 0.305 e. The van der Waals surface area contributed by atoms with Crippen molar-refractivity contribution in [2.24, 2.45) is 0 Å². The molecule has 0 saturated carbocycles. The zero-order chi connectivity index (χ0) is 18.0. The van der Waals surface area contributed by atoms with Gasteiger partial charge in [-0.25, -0.2) is 0 Å². The lowest BCUT2D eigenvalue weighted by atomic mass is 10.0. The molecule has 3 nitrogen and oxygen atoms in total. The molecule has 0 aliphatic carbocycles. The molecule has 0 atom stereocenters. The second kappa shape index (κ2) is 17.0. The number of carbonyl (C=O) groups is 1. The highest BCUT2D eigenvalue weighted by Gasteiger charge is 2.03. The molecule has 0 amide bonds. The van der Waals surface area contributed by atoms with E-state index in [0.717, 1.165) is 50.5 Å². The molecule has 0 aliphatic rings. The molecule has 0 aromatic rings. The molecule has 24 heavy (non-hydrogen) atoms. The highest BCUT2D eigenvalue weighted by molar-refractivity contribution is 6.31. The SMILES string of the molecule is CCCCCC/C=C\C(Cl)=C(\CO)CCCCCCCC(=O)OC. The van der Waals surface area contributed by atoms with Crippen molar-refractivity contribution < 1.29 is 14.6 Å². The number of halogens is 1. The summed E-state index contributed by atoms with van der Waals surface area (Å²) >= 11 is 6.28. The fourth-order valence-corrected chi connectivity index (χ4v) is 2.75. The van der Waals surface area contributed by atoms with Crippen LogP contribution in [0.3, 0.4) is 0 Å². The van der Waals surface area contributed by atoms with Crippen LogP contribution in [0.1, 0.15) is 84.0 Å². The minimum atomic E-state index is -0.131. The van der Waals surface area contributed by atoms with Crippen LogP contribution in [0.5, 0.6) is 0 Å². The molecule has 0 rings (SSSR count). The van der Waals surface area contributed by atoms with Crippen molar-refractivity contribution in [1.82, 2.24) is 0 Å². The molecule has 0 heterocycles. The van der Waals surface area contributed by atoms with Gasteiger partial charge in [-0.3, -0.25) is 4.79 Å². The van der Waals surface area contributed by atoms with Crippen LogP contribution in [-0.4, -0.2) is 24.8 Å². The molecular formula is C20H35ClO3. The van der Waals surface area contributed by atoms with E-state index < -0.39 is 0 Å². The highest BCUT2D eigenvalue weighted by Crippen LogP contribution is 2.19. The Kier molecular flexibility index (Phi) is 16.5. The standard InChI is InChI=1S/C20H35ClO3/c1-3-4-5-6-9-12-15-19(21)18(17-22)14-11-8-7-10-13-16-20(23)24-2/h12,15,22H,3-11,13-14,16-17H2,1-2H3/b15-12-,19-18-. The summed E-state index contributed by atoms with van der Waals surface area (Å²) in [5.41, 5.74) is 0.927. The number of esters is 1. The van der Waals surface area contributed by atoms with Gasteiger partial charge in [-0.05, 0) is 43.8 Å². The van der Waals surface area contributed by atoms with Gasteiger partial charge in [-0.15, -0.1) is 0 Å². The predicted octanol–water partition coefficient (Wildman–Crippen LogP) is 5.90. The maximum atomic E-state index is 11.0. The van der Waals surface area contributed by atoms with Gasteiger partial charge in [-0.2, -0.15) is 0 Å². The number of methoxy groups -OCH3 is 1. The summed E-state index contributed by atoms with van der Waals surface area (Å²) in [6.07, 6.45) is 16.6. The number of rotatable bonds is 15. The number of carbonyl (C=O) groups excluding carboxylic acids is 1. The van der Waals surface area contributed by atoms with Gasteiger partial charge in [-0.1, -0.05) is 63.1 Å². The van der Waals surface area contributed by atoms with Gasteiger partial charge in [0, 0.05) is 11.5 Å².